The first-order chi connectivity index (χ1) is 15.4. The summed E-state index contributed by atoms with van der Waals surface area (Å²) < 4.78 is 13.7. The molecule has 32 heavy (non-hydrogen) atoms. The van der Waals surface area contributed by atoms with Crippen LogP contribution < -0.4 is 5.32 Å². The number of nitrogens with zero attached hydrogens (tertiary/aromatic N) is 2. The zero-order valence-electron chi connectivity index (χ0n) is 18.7. The summed E-state index contributed by atoms with van der Waals surface area (Å²) >= 11 is 0. The summed E-state index contributed by atoms with van der Waals surface area (Å²) in [5.74, 6) is -0.133. The molecule has 3 aromatic rings. The van der Waals surface area contributed by atoms with Crippen molar-refractivity contribution in [2.75, 3.05) is 13.1 Å². The minimum Gasteiger partial charge on any atom is -0.353 e. The molecule has 0 aliphatic carbocycles. The van der Waals surface area contributed by atoms with Gasteiger partial charge in [-0.1, -0.05) is 42.5 Å². The van der Waals surface area contributed by atoms with Gasteiger partial charge in [0.25, 0.3) is 0 Å². The first-order valence-electron chi connectivity index (χ1n) is 11.2. The molecular weight excluding hydrogens is 401 g/mol. The van der Waals surface area contributed by atoms with Crippen molar-refractivity contribution in [3.05, 3.63) is 90.0 Å². The van der Waals surface area contributed by atoms with E-state index in [2.05, 4.69) is 33.4 Å². The highest BCUT2D eigenvalue weighted by Gasteiger charge is 2.45. The molecule has 1 amide bonds. The average Bonchev–Trinajstić information content (AvgIpc) is 3.18. The van der Waals surface area contributed by atoms with Crippen molar-refractivity contribution in [2.24, 2.45) is 5.41 Å². The van der Waals surface area contributed by atoms with E-state index in [1.807, 2.05) is 44.3 Å². The number of rotatable bonds is 7. The number of nitrogens with one attached hydrogen (secondary N) is 1. The lowest BCUT2D eigenvalue weighted by molar-refractivity contribution is -0.131. The van der Waals surface area contributed by atoms with Gasteiger partial charge in [0.15, 0.2) is 0 Å². The smallest absolute Gasteiger partial charge is 0.228 e. The van der Waals surface area contributed by atoms with E-state index in [9.17, 15) is 9.18 Å². The second kappa shape index (κ2) is 9.61. The zero-order chi connectivity index (χ0) is 22.6. The third-order valence-electron chi connectivity index (χ3n) is 6.15. The molecule has 1 saturated heterocycles. The molecule has 1 atom stereocenters. The zero-order valence-corrected chi connectivity index (χ0v) is 18.7. The van der Waals surface area contributed by atoms with E-state index >= 15 is 0 Å². The van der Waals surface area contributed by atoms with Gasteiger partial charge in [0.05, 0.1) is 5.41 Å². The lowest BCUT2D eigenvalue weighted by Gasteiger charge is -2.30. The van der Waals surface area contributed by atoms with Crippen LogP contribution in [0.4, 0.5) is 4.39 Å². The summed E-state index contributed by atoms with van der Waals surface area (Å²) in [4.78, 5) is 20.0. The third kappa shape index (κ3) is 5.05. The van der Waals surface area contributed by atoms with Gasteiger partial charge < -0.3 is 5.32 Å². The van der Waals surface area contributed by atoms with E-state index in [0.717, 1.165) is 35.2 Å². The second-order valence-corrected chi connectivity index (χ2v) is 9.07. The Morgan fingerprint density at radius 2 is 2.00 bits per heavy atom. The number of carbonyl (C=O) groups is 1. The Kier molecular flexibility index (Phi) is 6.66. The molecule has 2 heterocycles. The van der Waals surface area contributed by atoms with E-state index < -0.39 is 5.41 Å². The lowest BCUT2D eigenvalue weighted by Crippen LogP contribution is -2.46. The van der Waals surface area contributed by atoms with Crippen molar-refractivity contribution in [1.29, 1.82) is 0 Å². The van der Waals surface area contributed by atoms with E-state index in [0.29, 0.717) is 19.5 Å². The quantitative estimate of drug-likeness (QED) is 0.582. The van der Waals surface area contributed by atoms with Gasteiger partial charge in [0.1, 0.15) is 5.82 Å². The first-order valence-corrected chi connectivity index (χ1v) is 11.2. The van der Waals surface area contributed by atoms with Crippen molar-refractivity contribution < 1.29 is 9.18 Å². The van der Waals surface area contributed by atoms with Gasteiger partial charge in [-0.25, -0.2) is 4.39 Å². The van der Waals surface area contributed by atoms with E-state index in [1.54, 1.807) is 18.3 Å². The summed E-state index contributed by atoms with van der Waals surface area (Å²) in [5.41, 5.74) is 3.71. The molecule has 2 aromatic carbocycles. The van der Waals surface area contributed by atoms with Crippen LogP contribution in [0.15, 0.2) is 73.1 Å². The number of benzene rings is 2. The summed E-state index contributed by atoms with van der Waals surface area (Å²) in [6, 6.07) is 19.0. The summed E-state index contributed by atoms with van der Waals surface area (Å²) in [7, 11) is 0. The third-order valence-corrected chi connectivity index (χ3v) is 6.15. The van der Waals surface area contributed by atoms with E-state index in [4.69, 9.17) is 0 Å². The fraction of sp³-hybridized carbons (Fsp3) is 0.333. The van der Waals surface area contributed by atoms with Crippen molar-refractivity contribution in [3.8, 4) is 11.1 Å². The molecule has 1 aliphatic rings. The number of halogens is 1. The van der Waals surface area contributed by atoms with Gasteiger partial charge in [-0.05, 0) is 68.1 Å². The number of pyridine rings is 1. The van der Waals surface area contributed by atoms with Gasteiger partial charge in [-0.3, -0.25) is 14.7 Å². The molecule has 1 unspecified atom stereocenters. The standard InChI is InChI=1S/C27H30FN3O/c1-20(2)30-26(32)27(12-14-31(19-27)18-21-7-5-10-24(28)15-21)16-22-8-3-4-11-25(22)23-9-6-13-29-17-23/h3-11,13,15,17,20H,12,14,16,18-19H2,1-2H3,(H,30,32). The normalized spacial score (nSPS) is 18.8. The van der Waals surface area contributed by atoms with Gasteiger partial charge in [-0.15, -0.1) is 0 Å². The summed E-state index contributed by atoms with van der Waals surface area (Å²) in [6.45, 7) is 6.07. The number of hydrogen-bond donors (Lipinski definition) is 1. The van der Waals surface area contributed by atoms with Gasteiger partial charge >= 0.3 is 0 Å². The Hall–Kier alpha value is -3.05. The molecule has 0 saturated carbocycles. The van der Waals surface area contributed by atoms with Crippen LogP contribution in [0.5, 0.6) is 0 Å². The van der Waals surface area contributed by atoms with Crippen LogP contribution >= 0.6 is 0 Å². The molecule has 0 spiro atoms. The lowest BCUT2D eigenvalue weighted by atomic mass is 9.78. The van der Waals surface area contributed by atoms with E-state index in [-0.39, 0.29) is 17.8 Å². The molecule has 0 bridgehead atoms. The first kappa shape index (κ1) is 22.2. The van der Waals surface area contributed by atoms with Crippen molar-refractivity contribution >= 4 is 5.91 Å². The van der Waals surface area contributed by atoms with Gasteiger partial charge in [-0.2, -0.15) is 0 Å². The maximum atomic E-state index is 13.7. The highest BCUT2D eigenvalue weighted by Crippen LogP contribution is 2.38. The van der Waals surface area contributed by atoms with Crippen molar-refractivity contribution in [1.82, 2.24) is 15.2 Å². The Morgan fingerprint density at radius 3 is 2.75 bits per heavy atom. The van der Waals surface area contributed by atoms with Crippen LogP contribution in [-0.2, 0) is 17.8 Å². The summed E-state index contributed by atoms with van der Waals surface area (Å²) in [6.07, 6.45) is 5.05. The van der Waals surface area contributed by atoms with Crippen LogP contribution in [0.25, 0.3) is 11.1 Å². The molecule has 4 nitrogen and oxygen atoms in total. The topological polar surface area (TPSA) is 45.2 Å². The predicted molar refractivity (Wildman–Crippen MR) is 125 cm³/mol. The number of carbonyl (C=O) groups excluding carboxylic acids is 1. The average molecular weight is 432 g/mol. The Bertz CT molecular complexity index is 1070. The molecule has 1 aromatic heterocycles. The molecule has 4 rings (SSSR count). The molecule has 0 radical (unpaired) electrons. The Labute approximate surface area is 189 Å². The van der Waals surface area contributed by atoms with Crippen molar-refractivity contribution in [3.63, 3.8) is 0 Å². The Morgan fingerprint density at radius 1 is 1.16 bits per heavy atom. The number of likely N-dealkylation sites (tertiary alicyclic amines) is 1. The van der Waals surface area contributed by atoms with E-state index in [1.165, 1.54) is 6.07 Å². The van der Waals surface area contributed by atoms with Crippen LogP contribution in [-0.4, -0.2) is 34.9 Å². The molecule has 1 fully saturated rings. The second-order valence-electron chi connectivity index (χ2n) is 9.07. The predicted octanol–water partition coefficient (Wildman–Crippen LogP) is 4.85. The summed E-state index contributed by atoms with van der Waals surface area (Å²) in [5, 5.41) is 3.16. The maximum absolute atomic E-state index is 13.7. The van der Waals surface area contributed by atoms with Gasteiger partial charge in [0.2, 0.25) is 5.91 Å². The van der Waals surface area contributed by atoms with Crippen LogP contribution in [0, 0.1) is 11.2 Å². The van der Waals surface area contributed by atoms with Crippen LogP contribution in [0.3, 0.4) is 0 Å². The monoisotopic (exact) mass is 431 g/mol. The minimum absolute atomic E-state index is 0.0743. The fourth-order valence-corrected chi connectivity index (χ4v) is 4.65. The molecule has 1 aliphatic heterocycles. The Balaban J connectivity index is 1.62. The maximum Gasteiger partial charge on any atom is 0.228 e. The highest BCUT2D eigenvalue weighted by atomic mass is 19.1. The van der Waals surface area contributed by atoms with Gasteiger partial charge in [0, 0.05) is 37.1 Å². The minimum atomic E-state index is -0.532. The largest absolute Gasteiger partial charge is 0.353 e. The molecular formula is C27H30FN3O. The molecule has 1 N–H and O–H groups in total. The molecule has 166 valence electrons. The van der Waals surface area contributed by atoms with Crippen molar-refractivity contribution in [2.45, 2.75) is 39.3 Å². The number of hydrogen-bond acceptors (Lipinski definition) is 3. The number of amides is 1. The highest BCUT2D eigenvalue weighted by molar-refractivity contribution is 5.84. The SMILES string of the molecule is CC(C)NC(=O)C1(Cc2ccccc2-c2cccnc2)CCN(Cc2cccc(F)c2)C1. The van der Waals surface area contributed by atoms with Crippen LogP contribution in [0.1, 0.15) is 31.4 Å². The van der Waals surface area contributed by atoms with Crippen LogP contribution in [0.2, 0.25) is 0 Å². The fourth-order valence-electron chi connectivity index (χ4n) is 4.65. The number of aromatic nitrogens is 1. The molecule has 5 heteroatoms.